The van der Waals surface area contributed by atoms with Crippen LogP contribution in [0, 0.1) is 17.3 Å². The summed E-state index contributed by atoms with van der Waals surface area (Å²) >= 11 is 0. The molecule has 0 aliphatic heterocycles. The van der Waals surface area contributed by atoms with Crippen molar-refractivity contribution in [1.82, 2.24) is 10.6 Å². The number of carbonyl (C=O) groups is 3. The Bertz CT molecular complexity index is 586. The maximum atomic E-state index is 12.2. The van der Waals surface area contributed by atoms with Crippen molar-refractivity contribution < 1.29 is 24.2 Å². The molecule has 0 saturated heterocycles. The van der Waals surface area contributed by atoms with Gasteiger partial charge in [-0.05, 0) is 68.6 Å². The molecule has 0 aromatic carbocycles. The maximum Gasteiger partial charge on any atom is 0.321 e. The third kappa shape index (κ3) is 3.81. The summed E-state index contributed by atoms with van der Waals surface area (Å²) in [7, 11) is 0. The van der Waals surface area contributed by atoms with E-state index in [0.29, 0.717) is 18.3 Å². The standard InChI is InChI=1S/C18H26N2O5/c21-14(20-16(23)19-13-1-2-13)9-25-15(22)8-17-4-11-3-12(5-17)7-18(24,6-11)10-17/h11-13,24H,1-10H2,(H2,19,20,21,23)/t11-,12+,17?,18?. The lowest BCUT2D eigenvalue weighted by molar-refractivity contribution is -0.177. The number of esters is 1. The van der Waals surface area contributed by atoms with E-state index in [1.807, 2.05) is 0 Å². The number of rotatable bonds is 5. The van der Waals surface area contributed by atoms with E-state index in [4.69, 9.17) is 4.74 Å². The van der Waals surface area contributed by atoms with Gasteiger partial charge in [-0.2, -0.15) is 0 Å². The second-order valence-electron chi connectivity index (χ2n) is 8.82. The fourth-order valence-corrected chi connectivity index (χ4v) is 5.72. The summed E-state index contributed by atoms with van der Waals surface area (Å²) in [6.45, 7) is -0.440. The molecular weight excluding hydrogens is 324 g/mol. The predicted molar refractivity (Wildman–Crippen MR) is 87.3 cm³/mol. The van der Waals surface area contributed by atoms with E-state index >= 15 is 0 Å². The number of carbonyl (C=O) groups excluding carboxylic acids is 3. The van der Waals surface area contributed by atoms with Gasteiger partial charge in [0.2, 0.25) is 0 Å². The van der Waals surface area contributed by atoms with Gasteiger partial charge in [-0.25, -0.2) is 4.79 Å². The summed E-state index contributed by atoms with van der Waals surface area (Å²) in [6.07, 6.45) is 7.62. The van der Waals surface area contributed by atoms with Gasteiger partial charge in [0, 0.05) is 6.04 Å². The Labute approximate surface area is 146 Å². The third-order valence-corrected chi connectivity index (χ3v) is 6.20. The van der Waals surface area contributed by atoms with Crippen LogP contribution in [-0.2, 0) is 14.3 Å². The molecule has 5 fully saturated rings. The molecule has 4 bridgehead atoms. The van der Waals surface area contributed by atoms with Crippen LogP contribution >= 0.6 is 0 Å². The van der Waals surface area contributed by atoms with Gasteiger partial charge in [-0.3, -0.25) is 14.9 Å². The lowest BCUT2D eigenvalue weighted by Crippen LogP contribution is -2.56. The minimum atomic E-state index is -0.615. The molecule has 0 aromatic rings. The highest BCUT2D eigenvalue weighted by Gasteiger charge is 2.57. The monoisotopic (exact) mass is 350 g/mol. The first kappa shape index (κ1) is 16.8. The Kier molecular flexibility index (Phi) is 4.02. The van der Waals surface area contributed by atoms with Gasteiger partial charge in [0.1, 0.15) is 0 Å². The van der Waals surface area contributed by atoms with Crippen molar-refractivity contribution in [3.8, 4) is 0 Å². The number of ether oxygens (including phenoxy) is 1. The van der Waals surface area contributed by atoms with Gasteiger partial charge < -0.3 is 15.2 Å². The molecule has 25 heavy (non-hydrogen) atoms. The van der Waals surface area contributed by atoms with E-state index in [1.54, 1.807) is 0 Å². The Morgan fingerprint density at radius 2 is 1.76 bits per heavy atom. The second kappa shape index (κ2) is 5.97. The number of urea groups is 1. The Balaban J connectivity index is 1.25. The molecule has 5 rings (SSSR count). The Morgan fingerprint density at radius 3 is 2.36 bits per heavy atom. The van der Waals surface area contributed by atoms with Crippen molar-refractivity contribution >= 4 is 17.9 Å². The molecule has 138 valence electrons. The number of imide groups is 1. The van der Waals surface area contributed by atoms with E-state index in [-0.39, 0.29) is 17.9 Å². The molecule has 0 radical (unpaired) electrons. The largest absolute Gasteiger partial charge is 0.456 e. The summed E-state index contributed by atoms with van der Waals surface area (Å²) in [4.78, 5) is 35.4. The summed E-state index contributed by atoms with van der Waals surface area (Å²) in [5.41, 5.74) is -0.779. The van der Waals surface area contributed by atoms with Crippen LogP contribution in [0.5, 0.6) is 0 Å². The van der Waals surface area contributed by atoms with Crippen molar-refractivity contribution in [2.24, 2.45) is 17.3 Å². The molecule has 0 aromatic heterocycles. The average Bonchev–Trinajstić information content (AvgIpc) is 3.25. The Morgan fingerprint density at radius 1 is 1.08 bits per heavy atom. The molecule has 5 aliphatic rings. The minimum Gasteiger partial charge on any atom is -0.456 e. The van der Waals surface area contributed by atoms with E-state index in [0.717, 1.165) is 44.9 Å². The van der Waals surface area contributed by atoms with E-state index < -0.39 is 30.1 Å². The first-order valence-corrected chi connectivity index (χ1v) is 9.32. The predicted octanol–water partition coefficient (Wildman–Crippen LogP) is 1.24. The maximum absolute atomic E-state index is 12.2. The van der Waals surface area contributed by atoms with E-state index in [9.17, 15) is 19.5 Å². The van der Waals surface area contributed by atoms with E-state index in [1.165, 1.54) is 0 Å². The van der Waals surface area contributed by atoms with Crippen LogP contribution in [0.4, 0.5) is 4.79 Å². The molecule has 0 heterocycles. The quantitative estimate of drug-likeness (QED) is 0.647. The smallest absolute Gasteiger partial charge is 0.321 e. The van der Waals surface area contributed by atoms with Crippen LogP contribution in [0.2, 0.25) is 0 Å². The SMILES string of the molecule is O=C(COC(=O)CC12C[C@@H]3C[C@@H](CC(O)(C3)C1)C2)NC(=O)NC1CC1. The van der Waals surface area contributed by atoms with Crippen LogP contribution in [0.15, 0.2) is 0 Å². The summed E-state index contributed by atoms with van der Waals surface area (Å²) in [5, 5.41) is 15.5. The zero-order chi connectivity index (χ0) is 17.7. The first-order chi connectivity index (χ1) is 11.8. The molecule has 0 spiro atoms. The van der Waals surface area contributed by atoms with Crippen LogP contribution < -0.4 is 10.6 Å². The summed E-state index contributed by atoms with van der Waals surface area (Å²) in [5.74, 6) is -0.0131. The Hall–Kier alpha value is -1.63. The van der Waals surface area contributed by atoms with Crippen molar-refractivity contribution in [1.29, 1.82) is 0 Å². The first-order valence-electron chi connectivity index (χ1n) is 9.32. The lowest BCUT2D eigenvalue weighted by atomic mass is 9.47. The van der Waals surface area contributed by atoms with Crippen molar-refractivity contribution in [2.45, 2.75) is 69.4 Å². The molecule has 3 N–H and O–H groups in total. The highest BCUT2D eigenvalue weighted by Crippen LogP contribution is 2.62. The molecule has 7 nitrogen and oxygen atoms in total. The zero-order valence-electron chi connectivity index (χ0n) is 14.4. The van der Waals surface area contributed by atoms with Crippen LogP contribution in [-0.4, -0.2) is 41.3 Å². The van der Waals surface area contributed by atoms with E-state index in [2.05, 4.69) is 10.6 Å². The summed E-state index contributed by atoms with van der Waals surface area (Å²) < 4.78 is 5.08. The minimum absolute atomic E-state index is 0.164. The van der Waals surface area contributed by atoms with Crippen molar-refractivity contribution in [3.63, 3.8) is 0 Å². The van der Waals surface area contributed by atoms with Gasteiger partial charge in [0.05, 0.1) is 12.0 Å². The molecule has 7 heteroatoms. The number of nitrogens with one attached hydrogen (secondary N) is 2. The van der Waals surface area contributed by atoms with Crippen LogP contribution in [0.1, 0.15) is 57.8 Å². The van der Waals surface area contributed by atoms with Gasteiger partial charge >= 0.3 is 12.0 Å². The van der Waals surface area contributed by atoms with Gasteiger partial charge in [-0.15, -0.1) is 0 Å². The molecular formula is C18H26N2O5. The summed E-state index contributed by atoms with van der Waals surface area (Å²) in [6, 6.07) is -0.371. The van der Waals surface area contributed by atoms with Gasteiger partial charge in [0.15, 0.2) is 6.61 Å². The van der Waals surface area contributed by atoms with Gasteiger partial charge in [0.25, 0.3) is 5.91 Å². The number of aliphatic hydroxyl groups is 1. The zero-order valence-corrected chi connectivity index (χ0v) is 14.4. The molecule has 5 aliphatic carbocycles. The second-order valence-corrected chi connectivity index (χ2v) is 8.82. The highest BCUT2D eigenvalue weighted by molar-refractivity contribution is 5.95. The normalized spacial score (nSPS) is 38.3. The fourth-order valence-electron chi connectivity index (χ4n) is 5.72. The molecule has 2 unspecified atom stereocenters. The number of amides is 3. The third-order valence-electron chi connectivity index (χ3n) is 6.20. The fraction of sp³-hybridized carbons (Fsp3) is 0.833. The average molecular weight is 350 g/mol. The number of hydrogen-bond donors (Lipinski definition) is 3. The lowest BCUT2D eigenvalue weighted by Gasteiger charge is -2.60. The van der Waals surface area contributed by atoms with Gasteiger partial charge in [-0.1, -0.05) is 0 Å². The molecule has 5 saturated carbocycles. The molecule has 3 amide bonds. The molecule has 4 atom stereocenters. The number of hydrogen-bond acceptors (Lipinski definition) is 5. The van der Waals surface area contributed by atoms with Crippen molar-refractivity contribution in [3.05, 3.63) is 0 Å². The van der Waals surface area contributed by atoms with Crippen LogP contribution in [0.25, 0.3) is 0 Å². The van der Waals surface area contributed by atoms with Crippen molar-refractivity contribution in [2.75, 3.05) is 6.61 Å². The highest BCUT2D eigenvalue weighted by atomic mass is 16.5. The van der Waals surface area contributed by atoms with Crippen LogP contribution in [0.3, 0.4) is 0 Å². The topological polar surface area (TPSA) is 105 Å².